The summed E-state index contributed by atoms with van der Waals surface area (Å²) >= 11 is 3.77. The molecule has 8 heteroatoms. The first-order chi connectivity index (χ1) is 14.4. The standard InChI is InChI=1S/C22H34O5S3/c1-3-25-11-12-26-10-9-19-15-21(27-22(16-19)28-13-14-29-22)18(2)17-30(23,24)20-7-5-4-6-8-20/h4-8,18-19,21H,3,9-17H2,1-2H3/t18-,19-,21-/m1/s1. The SMILES string of the molecule is CCOCCOCC[C@@H]1C[C@H]([C@H](C)CS(=O)(=O)c2ccccc2)OC2(C1)SCCS2. The van der Waals surface area contributed by atoms with Gasteiger partial charge < -0.3 is 14.2 Å². The zero-order chi connectivity index (χ0) is 21.5. The molecule has 2 heterocycles. The highest BCUT2D eigenvalue weighted by molar-refractivity contribution is 8.21. The number of hydrogen-bond donors (Lipinski definition) is 0. The van der Waals surface area contributed by atoms with Crippen molar-refractivity contribution in [3.8, 4) is 0 Å². The molecule has 3 atom stereocenters. The van der Waals surface area contributed by atoms with Crippen LogP contribution in [0.4, 0.5) is 0 Å². The normalized spacial score (nSPS) is 24.9. The number of ether oxygens (including phenoxy) is 3. The molecular weight excluding hydrogens is 440 g/mol. The van der Waals surface area contributed by atoms with Crippen molar-refractivity contribution in [3.05, 3.63) is 30.3 Å². The zero-order valence-electron chi connectivity index (χ0n) is 18.0. The summed E-state index contributed by atoms with van der Waals surface area (Å²) in [4.78, 5) is 0.395. The van der Waals surface area contributed by atoms with Crippen molar-refractivity contribution >= 4 is 33.4 Å². The molecule has 0 saturated carbocycles. The lowest BCUT2D eigenvalue weighted by molar-refractivity contribution is -0.0714. The van der Waals surface area contributed by atoms with Crippen molar-refractivity contribution < 1.29 is 22.6 Å². The molecule has 2 aliphatic rings. The van der Waals surface area contributed by atoms with Gasteiger partial charge in [-0.3, -0.25) is 0 Å². The summed E-state index contributed by atoms with van der Waals surface area (Å²) in [6.45, 7) is 6.69. The van der Waals surface area contributed by atoms with Crippen molar-refractivity contribution in [1.29, 1.82) is 0 Å². The van der Waals surface area contributed by atoms with E-state index < -0.39 is 9.84 Å². The van der Waals surface area contributed by atoms with E-state index in [2.05, 4.69) is 0 Å². The summed E-state index contributed by atoms with van der Waals surface area (Å²) in [5, 5.41) is 0. The minimum Gasteiger partial charge on any atom is -0.379 e. The average Bonchev–Trinajstić information content (AvgIpc) is 3.17. The molecule has 2 fully saturated rings. The van der Waals surface area contributed by atoms with E-state index in [0.717, 1.165) is 30.8 Å². The van der Waals surface area contributed by atoms with Gasteiger partial charge in [0.1, 0.15) is 0 Å². The molecule has 0 N–H and O–H groups in total. The lowest BCUT2D eigenvalue weighted by Gasteiger charge is -2.43. The molecule has 2 aliphatic heterocycles. The fourth-order valence-electron chi connectivity index (χ4n) is 4.07. The Balaban J connectivity index is 1.59. The largest absolute Gasteiger partial charge is 0.379 e. The third-order valence-electron chi connectivity index (χ3n) is 5.63. The number of sulfone groups is 1. The zero-order valence-corrected chi connectivity index (χ0v) is 20.4. The van der Waals surface area contributed by atoms with Crippen LogP contribution in [0.3, 0.4) is 0 Å². The maximum atomic E-state index is 12.9. The second-order valence-corrected chi connectivity index (χ2v) is 13.0. The van der Waals surface area contributed by atoms with Crippen molar-refractivity contribution in [2.24, 2.45) is 11.8 Å². The molecule has 0 aliphatic carbocycles. The van der Waals surface area contributed by atoms with Crippen LogP contribution in [-0.2, 0) is 24.0 Å². The molecular formula is C22H34O5S3. The van der Waals surface area contributed by atoms with Gasteiger partial charge in [-0.2, -0.15) is 0 Å². The Morgan fingerprint density at radius 1 is 1.13 bits per heavy atom. The third kappa shape index (κ3) is 6.87. The van der Waals surface area contributed by atoms with E-state index in [1.165, 1.54) is 0 Å². The lowest BCUT2D eigenvalue weighted by Crippen LogP contribution is -2.43. The highest BCUT2D eigenvalue weighted by Gasteiger charge is 2.46. The van der Waals surface area contributed by atoms with Gasteiger partial charge in [-0.1, -0.05) is 25.1 Å². The fourth-order valence-corrected chi connectivity index (χ4v) is 8.96. The molecule has 2 saturated heterocycles. The van der Waals surface area contributed by atoms with E-state index in [-0.39, 0.29) is 22.0 Å². The van der Waals surface area contributed by atoms with Gasteiger partial charge in [0.15, 0.2) is 14.1 Å². The smallest absolute Gasteiger partial charge is 0.178 e. The maximum Gasteiger partial charge on any atom is 0.178 e. The average molecular weight is 475 g/mol. The highest BCUT2D eigenvalue weighted by Crippen LogP contribution is 2.54. The topological polar surface area (TPSA) is 61.8 Å². The number of rotatable bonds is 11. The van der Waals surface area contributed by atoms with Gasteiger partial charge in [0.05, 0.1) is 30.0 Å². The van der Waals surface area contributed by atoms with E-state index in [4.69, 9.17) is 14.2 Å². The van der Waals surface area contributed by atoms with E-state index in [1.807, 2.05) is 43.4 Å². The minimum atomic E-state index is -3.32. The van der Waals surface area contributed by atoms with Gasteiger partial charge in [0.2, 0.25) is 0 Å². The van der Waals surface area contributed by atoms with Crippen LogP contribution in [0.15, 0.2) is 35.2 Å². The molecule has 0 aromatic heterocycles. The quantitative estimate of drug-likeness (QED) is 0.439. The fraction of sp³-hybridized carbons (Fsp3) is 0.727. The van der Waals surface area contributed by atoms with Crippen LogP contribution in [0.2, 0.25) is 0 Å². The van der Waals surface area contributed by atoms with Gasteiger partial charge in [-0.15, -0.1) is 23.5 Å². The molecule has 0 amide bonds. The predicted molar refractivity (Wildman–Crippen MR) is 125 cm³/mol. The second kappa shape index (κ2) is 11.6. The maximum absolute atomic E-state index is 12.9. The summed E-state index contributed by atoms with van der Waals surface area (Å²) < 4.78 is 43.2. The Kier molecular flexibility index (Phi) is 9.41. The first kappa shape index (κ1) is 24.4. The molecule has 30 heavy (non-hydrogen) atoms. The van der Waals surface area contributed by atoms with Crippen molar-refractivity contribution in [1.82, 2.24) is 0 Å². The molecule has 1 spiro atoms. The molecule has 3 rings (SSSR count). The van der Waals surface area contributed by atoms with Crippen LogP contribution in [-0.4, -0.2) is 62.5 Å². The van der Waals surface area contributed by atoms with E-state index >= 15 is 0 Å². The minimum absolute atomic E-state index is 0.0521. The highest BCUT2D eigenvalue weighted by atomic mass is 32.2. The summed E-state index contributed by atoms with van der Waals surface area (Å²) in [5.74, 6) is 2.72. The van der Waals surface area contributed by atoms with E-state index in [0.29, 0.717) is 37.2 Å². The van der Waals surface area contributed by atoms with Crippen LogP contribution in [0.1, 0.15) is 33.1 Å². The molecule has 5 nitrogen and oxygen atoms in total. The van der Waals surface area contributed by atoms with Crippen LogP contribution in [0.5, 0.6) is 0 Å². The van der Waals surface area contributed by atoms with Crippen LogP contribution < -0.4 is 0 Å². The first-order valence-electron chi connectivity index (χ1n) is 10.8. The second-order valence-electron chi connectivity index (χ2n) is 8.01. The summed E-state index contributed by atoms with van der Waals surface area (Å²) in [7, 11) is -3.32. The van der Waals surface area contributed by atoms with Crippen molar-refractivity contribution in [2.45, 2.75) is 48.4 Å². The molecule has 1 aromatic carbocycles. The monoisotopic (exact) mass is 474 g/mol. The van der Waals surface area contributed by atoms with Crippen LogP contribution in [0.25, 0.3) is 0 Å². The molecule has 1 aromatic rings. The Bertz CT molecular complexity index is 734. The van der Waals surface area contributed by atoms with Gasteiger partial charge >= 0.3 is 0 Å². The van der Waals surface area contributed by atoms with Crippen molar-refractivity contribution in [2.75, 3.05) is 43.7 Å². The molecule has 0 bridgehead atoms. The first-order valence-corrected chi connectivity index (χ1v) is 14.5. The van der Waals surface area contributed by atoms with Crippen molar-refractivity contribution in [3.63, 3.8) is 0 Å². The van der Waals surface area contributed by atoms with Gasteiger partial charge in [0.25, 0.3) is 0 Å². The lowest BCUT2D eigenvalue weighted by atomic mass is 9.88. The molecule has 0 unspecified atom stereocenters. The summed E-state index contributed by atoms with van der Waals surface area (Å²) in [6.07, 6.45) is 2.82. The Labute approximate surface area is 189 Å². The van der Waals surface area contributed by atoms with E-state index in [1.54, 1.807) is 24.3 Å². The predicted octanol–water partition coefficient (Wildman–Crippen LogP) is 4.47. The third-order valence-corrected chi connectivity index (χ3v) is 10.8. The number of benzene rings is 1. The van der Waals surface area contributed by atoms with E-state index in [9.17, 15) is 8.42 Å². The van der Waals surface area contributed by atoms with Crippen LogP contribution >= 0.6 is 23.5 Å². The molecule has 170 valence electrons. The number of thioether (sulfide) groups is 2. The van der Waals surface area contributed by atoms with Gasteiger partial charge in [-0.25, -0.2) is 8.42 Å². The molecule has 0 radical (unpaired) electrons. The Morgan fingerprint density at radius 2 is 1.83 bits per heavy atom. The number of hydrogen-bond acceptors (Lipinski definition) is 7. The summed E-state index contributed by atoms with van der Waals surface area (Å²) in [6, 6.07) is 8.74. The van der Waals surface area contributed by atoms with Gasteiger partial charge in [-0.05, 0) is 50.2 Å². The summed E-state index contributed by atoms with van der Waals surface area (Å²) in [5.41, 5.74) is 0. The Hall–Kier alpha value is -0.250. The van der Waals surface area contributed by atoms with Crippen LogP contribution in [0, 0.1) is 11.8 Å². The van der Waals surface area contributed by atoms with Gasteiger partial charge in [0, 0.05) is 24.7 Å². The Morgan fingerprint density at radius 3 is 2.53 bits per heavy atom.